The maximum atomic E-state index is 12.9. The maximum absolute atomic E-state index is 12.9. The van der Waals surface area contributed by atoms with Gasteiger partial charge in [0.25, 0.3) is 0 Å². The predicted molar refractivity (Wildman–Crippen MR) is 117 cm³/mol. The van der Waals surface area contributed by atoms with Gasteiger partial charge in [0.2, 0.25) is 11.9 Å². The summed E-state index contributed by atoms with van der Waals surface area (Å²) in [7, 11) is 0. The molecule has 4 rings (SSSR count). The van der Waals surface area contributed by atoms with Crippen molar-refractivity contribution in [1.82, 2.24) is 19.4 Å². The summed E-state index contributed by atoms with van der Waals surface area (Å²) in [4.78, 5) is 25.7. The highest BCUT2D eigenvalue weighted by molar-refractivity contribution is 5.93. The topological polar surface area (TPSA) is 99.3 Å². The third-order valence-electron chi connectivity index (χ3n) is 6.18. The number of carbonyl (C=O) groups excluding carboxylic acids is 1. The molecule has 0 spiro atoms. The Bertz CT molecular complexity index is 952. The number of nitriles is 1. The van der Waals surface area contributed by atoms with Gasteiger partial charge in [0.15, 0.2) is 0 Å². The van der Waals surface area contributed by atoms with Gasteiger partial charge in [-0.3, -0.25) is 9.69 Å². The van der Waals surface area contributed by atoms with Gasteiger partial charge in [0.1, 0.15) is 11.9 Å². The summed E-state index contributed by atoms with van der Waals surface area (Å²) in [5.74, 6) is 1.21. The zero-order chi connectivity index (χ0) is 21.8. The number of amides is 1. The Labute approximate surface area is 182 Å². The second kappa shape index (κ2) is 9.45. The molecular weight excluding hydrogens is 394 g/mol. The normalized spacial score (nSPS) is 19.4. The highest BCUT2D eigenvalue weighted by Gasteiger charge is 2.25. The van der Waals surface area contributed by atoms with E-state index in [1.807, 2.05) is 18.4 Å². The van der Waals surface area contributed by atoms with Gasteiger partial charge in [0, 0.05) is 50.9 Å². The Hall–Kier alpha value is -2.96. The van der Waals surface area contributed by atoms with Gasteiger partial charge >= 0.3 is 0 Å². The number of anilines is 2. The molecule has 2 aliphatic rings. The summed E-state index contributed by atoms with van der Waals surface area (Å²) < 4.78 is 7.82. The van der Waals surface area contributed by atoms with Crippen LogP contribution in [0.2, 0.25) is 0 Å². The fourth-order valence-electron chi connectivity index (χ4n) is 4.29. The molecule has 0 aliphatic carbocycles. The number of carbonyl (C=O) groups is 1. The fraction of sp³-hybridized carbons (Fsp3) is 0.545. The van der Waals surface area contributed by atoms with E-state index in [0.717, 1.165) is 62.8 Å². The van der Waals surface area contributed by atoms with Crippen molar-refractivity contribution in [2.24, 2.45) is 0 Å². The molecule has 2 aromatic rings. The molecule has 2 fully saturated rings. The number of rotatable bonds is 6. The molecule has 0 aromatic carbocycles. The minimum Gasteiger partial charge on any atom is -0.376 e. The van der Waals surface area contributed by atoms with E-state index < -0.39 is 0 Å². The Morgan fingerprint density at radius 2 is 2.00 bits per heavy atom. The highest BCUT2D eigenvalue weighted by Crippen LogP contribution is 2.28. The summed E-state index contributed by atoms with van der Waals surface area (Å²) in [6.07, 6.45) is 5.66. The molecule has 2 saturated heterocycles. The van der Waals surface area contributed by atoms with E-state index in [1.165, 1.54) is 0 Å². The summed E-state index contributed by atoms with van der Waals surface area (Å²) in [5, 5.41) is 12.7. The standard InChI is InChI=1S/C22H29N7O2/c1-16-17(2)29(14-18-5-3-12-31-18)21(19(16)13-23)26-20(30)15-27-8-10-28(11-9-27)22-24-6-4-7-25-22/h4,6-7,18H,3,5,8-12,14-15H2,1-2H3,(H,26,30)/t18-/m1/s1. The first-order chi connectivity index (χ1) is 15.1. The number of nitrogens with zero attached hydrogens (tertiary/aromatic N) is 6. The smallest absolute Gasteiger partial charge is 0.239 e. The first-order valence-corrected chi connectivity index (χ1v) is 10.8. The number of hydrogen-bond donors (Lipinski definition) is 1. The van der Waals surface area contributed by atoms with Crippen LogP contribution in [0.25, 0.3) is 0 Å². The van der Waals surface area contributed by atoms with Gasteiger partial charge in [0.05, 0.1) is 24.8 Å². The maximum Gasteiger partial charge on any atom is 0.239 e. The van der Waals surface area contributed by atoms with Gasteiger partial charge in [-0.25, -0.2) is 9.97 Å². The predicted octanol–water partition coefficient (Wildman–Crippen LogP) is 1.71. The van der Waals surface area contributed by atoms with Crippen molar-refractivity contribution in [3.05, 3.63) is 35.3 Å². The molecule has 0 unspecified atom stereocenters. The number of ether oxygens (including phenoxy) is 1. The van der Waals surface area contributed by atoms with Crippen LogP contribution in [0.5, 0.6) is 0 Å². The lowest BCUT2D eigenvalue weighted by Crippen LogP contribution is -2.49. The van der Waals surface area contributed by atoms with Crippen LogP contribution in [0.4, 0.5) is 11.8 Å². The molecule has 0 saturated carbocycles. The Balaban J connectivity index is 1.39. The van der Waals surface area contributed by atoms with Gasteiger partial charge in [-0.15, -0.1) is 0 Å². The molecule has 2 aromatic heterocycles. The minimum absolute atomic E-state index is 0.105. The highest BCUT2D eigenvalue weighted by atomic mass is 16.5. The van der Waals surface area contributed by atoms with Gasteiger partial charge < -0.3 is 19.5 Å². The van der Waals surface area contributed by atoms with Crippen molar-refractivity contribution in [1.29, 1.82) is 5.26 Å². The Morgan fingerprint density at radius 1 is 1.26 bits per heavy atom. The van der Waals surface area contributed by atoms with E-state index in [0.29, 0.717) is 17.9 Å². The Morgan fingerprint density at radius 3 is 2.65 bits per heavy atom. The molecule has 1 atom stereocenters. The lowest BCUT2D eigenvalue weighted by molar-refractivity contribution is -0.117. The summed E-state index contributed by atoms with van der Waals surface area (Å²) in [6.45, 7) is 8.69. The molecule has 0 radical (unpaired) electrons. The van der Waals surface area contributed by atoms with Crippen LogP contribution in [-0.4, -0.2) is 70.8 Å². The van der Waals surface area contributed by atoms with Crippen LogP contribution in [0.1, 0.15) is 29.7 Å². The molecule has 1 N–H and O–H groups in total. The average Bonchev–Trinajstić information content (AvgIpc) is 3.38. The zero-order valence-electron chi connectivity index (χ0n) is 18.2. The van der Waals surface area contributed by atoms with Crippen LogP contribution in [0.3, 0.4) is 0 Å². The second-order valence-corrected chi connectivity index (χ2v) is 8.15. The SMILES string of the molecule is Cc1c(C#N)c(NC(=O)CN2CCN(c3ncccn3)CC2)n(C[C@H]2CCCO2)c1C. The minimum atomic E-state index is -0.105. The molecule has 164 valence electrons. The van der Waals surface area contributed by atoms with Gasteiger partial charge in [-0.2, -0.15) is 5.26 Å². The summed E-state index contributed by atoms with van der Waals surface area (Å²) >= 11 is 0. The quantitative estimate of drug-likeness (QED) is 0.755. The van der Waals surface area contributed by atoms with Gasteiger partial charge in [-0.1, -0.05) is 0 Å². The van der Waals surface area contributed by atoms with Crippen LogP contribution in [-0.2, 0) is 16.1 Å². The van der Waals surface area contributed by atoms with Crippen molar-refractivity contribution >= 4 is 17.7 Å². The van der Waals surface area contributed by atoms with Crippen LogP contribution >= 0.6 is 0 Å². The Kier molecular flexibility index (Phi) is 6.49. The number of hydrogen-bond acceptors (Lipinski definition) is 7. The van der Waals surface area contributed by atoms with Crippen molar-refractivity contribution in [2.75, 3.05) is 49.5 Å². The first-order valence-electron chi connectivity index (χ1n) is 10.8. The molecule has 31 heavy (non-hydrogen) atoms. The fourth-order valence-corrected chi connectivity index (χ4v) is 4.29. The monoisotopic (exact) mass is 423 g/mol. The third-order valence-corrected chi connectivity index (χ3v) is 6.18. The largest absolute Gasteiger partial charge is 0.376 e. The molecule has 9 heteroatoms. The molecule has 4 heterocycles. The first kappa shape index (κ1) is 21.3. The lowest BCUT2D eigenvalue weighted by Gasteiger charge is -2.34. The third kappa shape index (κ3) is 4.70. The van der Waals surface area contributed by atoms with E-state index in [4.69, 9.17) is 4.74 Å². The van der Waals surface area contributed by atoms with Crippen molar-refractivity contribution < 1.29 is 9.53 Å². The summed E-state index contributed by atoms with van der Waals surface area (Å²) in [6, 6.07) is 4.08. The van der Waals surface area contributed by atoms with E-state index >= 15 is 0 Å². The summed E-state index contributed by atoms with van der Waals surface area (Å²) in [5.41, 5.74) is 2.45. The average molecular weight is 424 g/mol. The number of aromatic nitrogens is 3. The van der Waals surface area contributed by atoms with Crippen LogP contribution < -0.4 is 10.2 Å². The van der Waals surface area contributed by atoms with Gasteiger partial charge in [-0.05, 0) is 38.3 Å². The zero-order valence-corrected chi connectivity index (χ0v) is 18.2. The molecule has 0 bridgehead atoms. The van der Waals surface area contributed by atoms with E-state index in [9.17, 15) is 10.1 Å². The van der Waals surface area contributed by atoms with Crippen molar-refractivity contribution in [3.8, 4) is 6.07 Å². The second-order valence-electron chi connectivity index (χ2n) is 8.15. The number of piperazine rings is 1. The molecule has 9 nitrogen and oxygen atoms in total. The van der Waals surface area contributed by atoms with E-state index in [2.05, 4.69) is 31.2 Å². The van der Waals surface area contributed by atoms with E-state index in [1.54, 1.807) is 18.5 Å². The van der Waals surface area contributed by atoms with Crippen molar-refractivity contribution in [3.63, 3.8) is 0 Å². The van der Waals surface area contributed by atoms with E-state index in [-0.39, 0.29) is 18.6 Å². The lowest BCUT2D eigenvalue weighted by atomic mass is 10.2. The van der Waals surface area contributed by atoms with Crippen LogP contribution in [0, 0.1) is 25.2 Å². The van der Waals surface area contributed by atoms with Crippen LogP contribution in [0.15, 0.2) is 18.5 Å². The number of nitrogens with one attached hydrogen (secondary N) is 1. The molecule has 1 amide bonds. The molecule has 2 aliphatic heterocycles. The van der Waals surface area contributed by atoms with Crippen molar-refractivity contribution in [2.45, 2.75) is 39.3 Å². The molecular formula is C22H29N7O2.